The minimum absolute atomic E-state index is 0.292. The number of rotatable bonds is 3. The molecule has 19 heavy (non-hydrogen) atoms. The smallest absolute Gasteiger partial charge is 0.320 e. The molecule has 2 heterocycles. The third-order valence-corrected chi connectivity index (χ3v) is 2.80. The monoisotopic (exact) mass is 272 g/mol. The number of hydrogen-bond donors (Lipinski definition) is 1. The average Bonchev–Trinajstić information content (AvgIpc) is 2.91. The summed E-state index contributed by atoms with van der Waals surface area (Å²) >= 11 is 6.04. The second-order valence-electron chi connectivity index (χ2n) is 3.75. The van der Waals surface area contributed by atoms with E-state index < -0.39 is 0 Å². The van der Waals surface area contributed by atoms with E-state index in [-0.39, 0.29) is 0 Å². The van der Waals surface area contributed by atoms with Gasteiger partial charge in [0.1, 0.15) is 0 Å². The van der Waals surface area contributed by atoms with Crippen LogP contribution < -0.4 is 5.32 Å². The standard InChI is InChI=1S/C13H9ClN4O/c14-10-3-1-2-4-11(10)16-13-18-17-12(19-13)9-5-7-15-8-6-9/h1-8H,(H,16,18). The lowest BCUT2D eigenvalue weighted by molar-refractivity contribution is 0.587. The summed E-state index contributed by atoms with van der Waals surface area (Å²) in [5.41, 5.74) is 1.53. The molecule has 0 bridgehead atoms. The number of nitrogens with zero attached hydrogens (tertiary/aromatic N) is 3. The number of para-hydroxylation sites is 1. The lowest BCUT2D eigenvalue weighted by Gasteiger charge is -2.02. The summed E-state index contributed by atoms with van der Waals surface area (Å²) in [7, 11) is 0. The Balaban J connectivity index is 1.85. The van der Waals surface area contributed by atoms with Crippen LogP contribution in [0.2, 0.25) is 5.02 Å². The van der Waals surface area contributed by atoms with Crippen molar-refractivity contribution in [2.75, 3.05) is 5.32 Å². The van der Waals surface area contributed by atoms with Gasteiger partial charge in [0.05, 0.1) is 10.7 Å². The normalized spacial score (nSPS) is 10.4. The topological polar surface area (TPSA) is 63.8 Å². The summed E-state index contributed by atoms with van der Waals surface area (Å²) in [6, 6.07) is 11.2. The number of halogens is 1. The fraction of sp³-hybridized carbons (Fsp3) is 0. The summed E-state index contributed by atoms with van der Waals surface area (Å²) in [6.45, 7) is 0. The van der Waals surface area contributed by atoms with Crippen LogP contribution in [0.25, 0.3) is 11.5 Å². The Morgan fingerprint density at radius 3 is 2.58 bits per heavy atom. The van der Waals surface area contributed by atoms with E-state index in [1.165, 1.54) is 0 Å². The van der Waals surface area contributed by atoms with Crippen molar-refractivity contribution in [2.45, 2.75) is 0 Å². The molecule has 6 heteroatoms. The molecule has 0 radical (unpaired) electrons. The Morgan fingerprint density at radius 2 is 1.79 bits per heavy atom. The molecule has 0 saturated heterocycles. The first-order chi connectivity index (χ1) is 9.33. The average molecular weight is 273 g/mol. The highest BCUT2D eigenvalue weighted by molar-refractivity contribution is 6.33. The Bertz CT molecular complexity index is 684. The van der Waals surface area contributed by atoms with Crippen LogP contribution >= 0.6 is 11.6 Å². The van der Waals surface area contributed by atoms with Crippen LogP contribution in [0.1, 0.15) is 0 Å². The minimum Gasteiger partial charge on any atom is -0.403 e. The van der Waals surface area contributed by atoms with Crippen molar-refractivity contribution in [2.24, 2.45) is 0 Å². The molecule has 0 amide bonds. The van der Waals surface area contributed by atoms with E-state index in [4.69, 9.17) is 16.0 Å². The van der Waals surface area contributed by atoms with Gasteiger partial charge in [-0.15, -0.1) is 5.10 Å². The maximum absolute atomic E-state index is 6.04. The highest BCUT2D eigenvalue weighted by Gasteiger charge is 2.09. The maximum Gasteiger partial charge on any atom is 0.320 e. The summed E-state index contributed by atoms with van der Waals surface area (Å²) < 4.78 is 5.51. The predicted octanol–water partition coefficient (Wildman–Crippen LogP) is 3.53. The fourth-order valence-electron chi connectivity index (χ4n) is 1.56. The molecule has 5 nitrogen and oxygen atoms in total. The molecule has 0 spiro atoms. The molecule has 0 aliphatic rings. The van der Waals surface area contributed by atoms with Crippen molar-refractivity contribution >= 4 is 23.3 Å². The molecule has 0 fully saturated rings. The zero-order valence-corrected chi connectivity index (χ0v) is 10.5. The Morgan fingerprint density at radius 1 is 1.00 bits per heavy atom. The Labute approximate surface area is 114 Å². The summed E-state index contributed by atoms with van der Waals surface area (Å²) in [5, 5.41) is 11.4. The molecule has 0 aliphatic heterocycles. The lowest BCUT2D eigenvalue weighted by Crippen LogP contribution is -1.90. The van der Waals surface area contributed by atoms with E-state index in [9.17, 15) is 0 Å². The second-order valence-corrected chi connectivity index (χ2v) is 4.16. The molecule has 3 rings (SSSR count). The third-order valence-electron chi connectivity index (χ3n) is 2.47. The lowest BCUT2D eigenvalue weighted by atomic mass is 10.3. The molecule has 1 N–H and O–H groups in total. The van der Waals surface area contributed by atoms with Crippen molar-refractivity contribution < 1.29 is 4.42 Å². The van der Waals surface area contributed by atoms with E-state index in [2.05, 4.69) is 20.5 Å². The third kappa shape index (κ3) is 2.56. The minimum atomic E-state index is 0.292. The molecule has 3 aromatic rings. The second kappa shape index (κ2) is 5.07. The van der Waals surface area contributed by atoms with Crippen LogP contribution in [0, 0.1) is 0 Å². The van der Waals surface area contributed by atoms with Gasteiger partial charge in [-0.3, -0.25) is 4.98 Å². The van der Waals surface area contributed by atoms with Crippen LogP contribution in [0.5, 0.6) is 0 Å². The van der Waals surface area contributed by atoms with Crippen LogP contribution in [0.15, 0.2) is 53.2 Å². The van der Waals surface area contributed by atoms with Crippen molar-refractivity contribution in [1.82, 2.24) is 15.2 Å². The van der Waals surface area contributed by atoms with Gasteiger partial charge in [0.2, 0.25) is 5.89 Å². The molecular weight excluding hydrogens is 264 g/mol. The van der Waals surface area contributed by atoms with Crippen molar-refractivity contribution in [1.29, 1.82) is 0 Å². The number of benzene rings is 1. The van der Waals surface area contributed by atoms with Gasteiger partial charge in [-0.2, -0.15) is 0 Å². The number of pyridine rings is 1. The van der Waals surface area contributed by atoms with Gasteiger partial charge in [0.15, 0.2) is 0 Å². The molecular formula is C13H9ClN4O. The van der Waals surface area contributed by atoms with Crippen molar-refractivity contribution in [3.05, 3.63) is 53.8 Å². The fourth-order valence-corrected chi connectivity index (χ4v) is 1.75. The van der Waals surface area contributed by atoms with Crippen molar-refractivity contribution in [3.63, 3.8) is 0 Å². The van der Waals surface area contributed by atoms with Gasteiger partial charge in [-0.1, -0.05) is 28.8 Å². The first kappa shape index (κ1) is 11.7. The largest absolute Gasteiger partial charge is 0.403 e. The Kier molecular flexibility index (Phi) is 3.12. The molecule has 94 valence electrons. The van der Waals surface area contributed by atoms with E-state index in [0.717, 1.165) is 5.56 Å². The number of anilines is 2. The SMILES string of the molecule is Clc1ccccc1Nc1nnc(-c2ccncc2)o1. The highest BCUT2D eigenvalue weighted by Crippen LogP contribution is 2.25. The molecule has 0 atom stereocenters. The van der Waals surface area contributed by atoms with Crippen molar-refractivity contribution in [3.8, 4) is 11.5 Å². The van der Waals surface area contributed by atoms with Gasteiger partial charge in [0, 0.05) is 18.0 Å². The van der Waals surface area contributed by atoms with Crippen LogP contribution in [0.3, 0.4) is 0 Å². The van der Waals surface area contributed by atoms with Gasteiger partial charge in [-0.05, 0) is 24.3 Å². The summed E-state index contributed by atoms with van der Waals surface area (Å²) in [6.07, 6.45) is 3.33. The Hall–Kier alpha value is -2.40. The molecule has 1 aromatic carbocycles. The van der Waals surface area contributed by atoms with E-state index in [1.54, 1.807) is 30.6 Å². The number of nitrogens with one attached hydrogen (secondary N) is 1. The van der Waals surface area contributed by atoms with Crippen LogP contribution in [-0.2, 0) is 0 Å². The maximum atomic E-state index is 6.04. The quantitative estimate of drug-likeness (QED) is 0.790. The van der Waals surface area contributed by atoms with E-state index in [1.807, 2.05) is 18.2 Å². The number of aromatic nitrogens is 3. The first-order valence-electron chi connectivity index (χ1n) is 5.58. The van der Waals surface area contributed by atoms with Gasteiger partial charge < -0.3 is 9.73 Å². The summed E-state index contributed by atoms with van der Waals surface area (Å²) in [4.78, 5) is 3.93. The number of hydrogen-bond acceptors (Lipinski definition) is 5. The van der Waals surface area contributed by atoms with Gasteiger partial charge >= 0.3 is 6.01 Å². The van der Waals surface area contributed by atoms with Crippen LogP contribution in [-0.4, -0.2) is 15.2 Å². The van der Waals surface area contributed by atoms with E-state index in [0.29, 0.717) is 22.6 Å². The zero-order valence-electron chi connectivity index (χ0n) is 9.75. The molecule has 2 aromatic heterocycles. The highest BCUT2D eigenvalue weighted by atomic mass is 35.5. The zero-order chi connectivity index (χ0) is 13.1. The first-order valence-corrected chi connectivity index (χ1v) is 5.96. The predicted molar refractivity (Wildman–Crippen MR) is 72.3 cm³/mol. The van der Waals surface area contributed by atoms with E-state index >= 15 is 0 Å². The molecule has 0 aliphatic carbocycles. The van der Waals surface area contributed by atoms with Gasteiger partial charge in [-0.25, -0.2) is 0 Å². The van der Waals surface area contributed by atoms with Crippen LogP contribution in [0.4, 0.5) is 11.7 Å². The van der Waals surface area contributed by atoms with Gasteiger partial charge in [0.25, 0.3) is 0 Å². The molecule has 0 saturated carbocycles. The summed E-state index contributed by atoms with van der Waals surface area (Å²) in [5.74, 6) is 0.428. The molecule has 0 unspecified atom stereocenters.